The molecule has 0 aromatic heterocycles. The molecule has 1 aromatic carbocycles. The molecule has 2 rings (SSSR count). The minimum absolute atomic E-state index is 0.271. The van der Waals surface area contributed by atoms with E-state index in [-0.39, 0.29) is 5.82 Å². The summed E-state index contributed by atoms with van der Waals surface area (Å²) in [4.78, 5) is 2.07. The van der Waals surface area contributed by atoms with Crippen LogP contribution in [0.25, 0.3) is 0 Å². The first kappa shape index (κ1) is 11.0. The van der Waals surface area contributed by atoms with Gasteiger partial charge in [0.25, 0.3) is 0 Å². The van der Waals surface area contributed by atoms with Crippen molar-refractivity contribution >= 4 is 11.4 Å². The molecule has 4 heteroatoms. The fourth-order valence-corrected chi connectivity index (χ4v) is 1.97. The maximum absolute atomic E-state index is 13.8. The van der Waals surface area contributed by atoms with Crippen LogP contribution in [-0.2, 0) is 0 Å². The third-order valence-electron chi connectivity index (χ3n) is 2.94. The summed E-state index contributed by atoms with van der Waals surface area (Å²) >= 11 is 0. The van der Waals surface area contributed by atoms with Crippen LogP contribution in [0.5, 0.6) is 5.75 Å². The van der Waals surface area contributed by atoms with Gasteiger partial charge in [0.05, 0.1) is 18.5 Å². The molecule has 1 saturated carbocycles. The van der Waals surface area contributed by atoms with Gasteiger partial charge in [-0.15, -0.1) is 0 Å². The van der Waals surface area contributed by atoms with E-state index < -0.39 is 0 Å². The number of nitrogens with zero attached hydrogens (tertiary/aromatic N) is 1. The zero-order chi connectivity index (χ0) is 11.7. The standard InChI is InChI=1S/C12H17FN2O/c1-3-15(8-4-5-8)11-7-12(16-2)10(14)6-9(11)13/h6-8H,3-5,14H2,1-2H3. The number of benzene rings is 1. The van der Waals surface area contributed by atoms with Crippen molar-refractivity contribution in [1.82, 2.24) is 0 Å². The quantitative estimate of drug-likeness (QED) is 0.798. The summed E-state index contributed by atoms with van der Waals surface area (Å²) in [7, 11) is 1.54. The van der Waals surface area contributed by atoms with Crippen molar-refractivity contribution in [2.24, 2.45) is 0 Å². The number of rotatable bonds is 4. The lowest BCUT2D eigenvalue weighted by atomic mass is 10.2. The number of ether oxygens (including phenoxy) is 1. The first-order valence-electron chi connectivity index (χ1n) is 5.57. The Balaban J connectivity index is 2.38. The molecule has 0 heterocycles. The summed E-state index contributed by atoms with van der Waals surface area (Å²) in [5.74, 6) is 0.266. The second-order valence-electron chi connectivity index (χ2n) is 4.06. The highest BCUT2D eigenvalue weighted by Crippen LogP contribution is 2.36. The molecule has 0 bridgehead atoms. The number of methoxy groups -OCH3 is 1. The average Bonchev–Trinajstić information content (AvgIpc) is 3.06. The van der Waals surface area contributed by atoms with Gasteiger partial charge >= 0.3 is 0 Å². The second kappa shape index (κ2) is 4.20. The minimum Gasteiger partial charge on any atom is -0.495 e. The second-order valence-corrected chi connectivity index (χ2v) is 4.06. The van der Waals surface area contributed by atoms with Gasteiger partial charge in [-0.2, -0.15) is 0 Å². The number of hydrogen-bond donors (Lipinski definition) is 1. The third kappa shape index (κ3) is 1.92. The third-order valence-corrected chi connectivity index (χ3v) is 2.94. The van der Waals surface area contributed by atoms with Gasteiger partial charge in [-0.25, -0.2) is 4.39 Å². The van der Waals surface area contributed by atoms with Crippen molar-refractivity contribution in [1.29, 1.82) is 0 Å². The van der Waals surface area contributed by atoms with Crippen molar-refractivity contribution in [3.05, 3.63) is 17.9 Å². The first-order valence-corrected chi connectivity index (χ1v) is 5.57. The van der Waals surface area contributed by atoms with Crippen LogP contribution in [0.1, 0.15) is 19.8 Å². The molecule has 1 fully saturated rings. The molecule has 16 heavy (non-hydrogen) atoms. The van der Waals surface area contributed by atoms with Gasteiger partial charge in [0.2, 0.25) is 0 Å². The van der Waals surface area contributed by atoms with Crippen LogP contribution >= 0.6 is 0 Å². The van der Waals surface area contributed by atoms with Crippen molar-refractivity contribution in [2.75, 3.05) is 24.3 Å². The molecule has 0 radical (unpaired) electrons. The van der Waals surface area contributed by atoms with E-state index in [0.717, 1.165) is 19.4 Å². The van der Waals surface area contributed by atoms with Crippen molar-refractivity contribution in [2.45, 2.75) is 25.8 Å². The van der Waals surface area contributed by atoms with Crippen LogP contribution in [0.2, 0.25) is 0 Å². The molecule has 0 amide bonds. The normalized spacial score (nSPS) is 14.9. The summed E-state index contributed by atoms with van der Waals surface area (Å²) < 4.78 is 18.9. The van der Waals surface area contributed by atoms with Crippen LogP contribution < -0.4 is 15.4 Å². The Labute approximate surface area is 95.0 Å². The van der Waals surface area contributed by atoms with Gasteiger partial charge in [0.1, 0.15) is 11.6 Å². The molecule has 1 aliphatic carbocycles. The number of nitrogen functional groups attached to an aromatic ring is 1. The molecule has 1 aliphatic rings. The van der Waals surface area contributed by atoms with Crippen LogP contribution in [0.3, 0.4) is 0 Å². The number of hydrogen-bond acceptors (Lipinski definition) is 3. The predicted molar refractivity (Wildman–Crippen MR) is 63.4 cm³/mol. The van der Waals surface area contributed by atoms with Gasteiger partial charge < -0.3 is 15.4 Å². The van der Waals surface area contributed by atoms with E-state index in [1.165, 1.54) is 6.07 Å². The Hall–Kier alpha value is -1.45. The van der Waals surface area contributed by atoms with E-state index in [1.807, 2.05) is 6.92 Å². The zero-order valence-electron chi connectivity index (χ0n) is 9.66. The van der Waals surface area contributed by atoms with Gasteiger partial charge in [0.15, 0.2) is 0 Å². The number of anilines is 2. The van der Waals surface area contributed by atoms with Gasteiger partial charge in [0, 0.05) is 24.7 Å². The summed E-state index contributed by atoms with van der Waals surface area (Å²) in [6.45, 7) is 2.83. The highest BCUT2D eigenvalue weighted by Gasteiger charge is 2.30. The lowest BCUT2D eigenvalue weighted by Crippen LogP contribution is -2.26. The maximum atomic E-state index is 13.8. The topological polar surface area (TPSA) is 38.5 Å². The van der Waals surface area contributed by atoms with Gasteiger partial charge in [-0.05, 0) is 19.8 Å². The van der Waals surface area contributed by atoms with Crippen LogP contribution in [0.4, 0.5) is 15.8 Å². The Morgan fingerprint density at radius 2 is 2.19 bits per heavy atom. The molecule has 0 atom stereocenters. The molecular formula is C12H17FN2O. The molecule has 0 spiro atoms. The monoisotopic (exact) mass is 224 g/mol. The first-order chi connectivity index (χ1) is 7.67. The van der Waals surface area contributed by atoms with Crippen LogP contribution in [0.15, 0.2) is 12.1 Å². The predicted octanol–water partition coefficient (Wildman–Crippen LogP) is 2.41. The van der Waals surface area contributed by atoms with E-state index in [2.05, 4.69) is 4.90 Å². The van der Waals surface area contributed by atoms with Crippen molar-refractivity contribution in [3.8, 4) is 5.75 Å². The van der Waals surface area contributed by atoms with Gasteiger partial charge in [-0.3, -0.25) is 0 Å². The minimum atomic E-state index is -0.271. The van der Waals surface area contributed by atoms with Crippen LogP contribution in [-0.4, -0.2) is 19.7 Å². The van der Waals surface area contributed by atoms with Crippen molar-refractivity contribution in [3.63, 3.8) is 0 Å². The summed E-state index contributed by atoms with van der Waals surface area (Å²) in [5, 5.41) is 0. The van der Waals surface area contributed by atoms with Crippen LogP contribution in [0, 0.1) is 5.82 Å². The molecule has 0 unspecified atom stereocenters. The lowest BCUT2D eigenvalue weighted by Gasteiger charge is -2.24. The van der Waals surface area contributed by atoms with E-state index in [0.29, 0.717) is 23.2 Å². The van der Waals surface area contributed by atoms with Gasteiger partial charge in [-0.1, -0.05) is 0 Å². The maximum Gasteiger partial charge on any atom is 0.148 e. The molecule has 3 nitrogen and oxygen atoms in total. The molecule has 88 valence electrons. The van der Waals surface area contributed by atoms with E-state index in [4.69, 9.17) is 10.5 Å². The number of halogens is 1. The fraction of sp³-hybridized carbons (Fsp3) is 0.500. The fourth-order valence-electron chi connectivity index (χ4n) is 1.97. The Morgan fingerprint density at radius 3 is 2.69 bits per heavy atom. The molecule has 0 saturated heterocycles. The summed E-state index contributed by atoms with van der Waals surface area (Å²) in [6.07, 6.45) is 2.28. The van der Waals surface area contributed by atoms with E-state index in [1.54, 1.807) is 13.2 Å². The zero-order valence-corrected chi connectivity index (χ0v) is 9.66. The SMILES string of the molecule is CCN(c1cc(OC)c(N)cc1F)C1CC1. The van der Waals surface area contributed by atoms with Crippen molar-refractivity contribution < 1.29 is 9.13 Å². The molecular weight excluding hydrogens is 207 g/mol. The smallest absolute Gasteiger partial charge is 0.148 e. The lowest BCUT2D eigenvalue weighted by molar-refractivity contribution is 0.416. The Kier molecular flexibility index (Phi) is 2.90. The van der Waals surface area contributed by atoms with E-state index in [9.17, 15) is 4.39 Å². The molecule has 1 aromatic rings. The Bertz CT molecular complexity index is 391. The molecule has 0 aliphatic heterocycles. The summed E-state index contributed by atoms with van der Waals surface area (Å²) in [6, 6.07) is 3.50. The largest absolute Gasteiger partial charge is 0.495 e. The molecule has 2 N–H and O–H groups in total. The summed E-state index contributed by atoms with van der Waals surface area (Å²) in [5.41, 5.74) is 6.59. The Morgan fingerprint density at radius 1 is 1.50 bits per heavy atom. The highest BCUT2D eigenvalue weighted by molar-refractivity contribution is 5.64. The van der Waals surface area contributed by atoms with E-state index >= 15 is 0 Å². The highest BCUT2D eigenvalue weighted by atomic mass is 19.1. The number of nitrogens with two attached hydrogens (primary N) is 1. The average molecular weight is 224 g/mol.